The van der Waals surface area contributed by atoms with Gasteiger partial charge in [-0.05, 0) is 34.9 Å². The van der Waals surface area contributed by atoms with Gasteiger partial charge in [0.25, 0.3) is 0 Å². The van der Waals surface area contributed by atoms with Crippen molar-refractivity contribution >= 4 is 23.7 Å². The predicted molar refractivity (Wildman–Crippen MR) is 166 cm³/mol. The van der Waals surface area contributed by atoms with Gasteiger partial charge in [-0.1, -0.05) is 66.7 Å². The molecule has 3 heterocycles. The molecule has 0 spiro atoms. The maximum Gasteiger partial charge on any atom is 0.334 e. The number of amides is 4. The summed E-state index contributed by atoms with van der Waals surface area (Å²) in [5.41, 5.74) is 11.7. The van der Waals surface area contributed by atoms with E-state index in [2.05, 4.69) is 33.5 Å². The molecule has 2 fully saturated rings. The smallest absolute Gasteiger partial charge is 0.334 e. The van der Waals surface area contributed by atoms with Gasteiger partial charge in [-0.2, -0.15) is 0 Å². The van der Waals surface area contributed by atoms with Crippen LogP contribution in [-0.2, 0) is 29.1 Å². The molecule has 0 radical (unpaired) electrons. The minimum Gasteiger partial charge on any atom is -0.508 e. The number of carbonyl (C=O) groups is 3. The Kier molecular flexibility index (Phi) is 8.62. The first-order chi connectivity index (χ1) is 21.9. The molecule has 0 bridgehead atoms. The van der Waals surface area contributed by atoms with E-state index in [0.717, 1.165) is 22.3 Å². The van der Waals surface area contributed by atoms with Crippen molar-refractivity contribution in [3.05, 3.63) is 114 Å². The maximum absolute atomic E-state index is 14.2. The van der Waals surface area contributed by atoms with Crippen LogP contribution in [0.2, 0.25) is 0 Å². The van der Waals surface area contributed by atoms with Crippen molar-refractivity contribution in [2.75, 3.05) is 19.6 Å². The van der Waals surface area contributed by atoms with Gasteiger partial charge in [0.1, 0.15) is 18.0 Å². The molecule has 3 aliphatic heterocycles. The number of hydrazine groups is 3. The highest BCUT2D eigenvalue weighted by Gasteiger charge is 2.51. The van der Waals surface area contributed by atoms with E-state index in [1.54, 1.807) is 50.2 Å². The SMILES string of the molecule is C=CCN1CC(=O)N2[C@@H](Cc3ccc(O)cc3)C(=O)N(Cc3cccc(C4=NNNN4)c3)C[C@@H]2N1C(=O)NCc1ccccc1. The van der Waals surface area contributed by atoms with Crippen molar-refractivity contribution in [1.29, 1.82) is 0 Å². The average Bonchev–Trinajstić information content (AvgIpc) is 3.59. The van der Waals surface area contributed by atoms with Gasteiger partial charge in [-0.15, -0.1) is 17.2 Å². The Hall–Kier alpha value is -5.40. The van der Waals surface area contributed by atoms with Crippen LogP contribution in [0.15, 0.2) is 96.6 Å². The van der Waals surface area contributed by atoms with Crippen LogP contribution in [0.3, 0.4) is 0 Å². The summed E-state index contributed by atoms with van der Waals surface area (Å²) in [5, 5.41) is 20.2. The van der Waals surface area contributed by atoms with E-state index in [1.807, 2.05) is 54.6 Å². The molecule has 232 valence electrons. The third-order valence-electron chi connectivity index (χ3n) is 8.01. The highest BCUT2D eigenvalue weighted by Crippen LogP contribution is 2.30. The van der Waals surface area contributed by atoms with Gasteiger partial charge in [0.2, 0.25) is 11.8 Å². The molecule has 3 aromatic rings. The number of nitrogens with zero attached hydrogens (tertiary/aromatic N) is 5. The van der Waals surface area contributed by atoms with Crippen molar-refractivity contribution in [3.63, 3.8) is 0 Å². The molecule has 0 aromatic heterocycles. The minimum atomic E-state index is -0.867. The van der Waals surface area contributed by atoms with Gasteiger partial charge in [0, 0.05) is 31.6 Å². The van der Waals surface area contributed by atoms with E-state index in [4.69, 9.17) is 0 Å². The number of carbonyl (C=O) groups excluding carboxylic acids is 3. The zero-order valence-electron chi connectivity index (χ0n) is 24.6. The van der Waals surface area contributed by atoms with Gasteiger partial charge in [0.05, 0.1) is 13.1 Å². The van der Waals surface area contributed by atoms with Gasteiger partial charge in [0.15, 0.2) is 5.84 Å². The lowest BCUT2D eigenvalue weighted by atomic mass is 9.98. The fourth-order valence-corrected chi connectivity index (χ4v) is 5.93. The molecule has 5 N–H and O–H groups in total. The second kappa shape index (κ2) is 13.1. The van der Waals surface area contributed by atoms with Crippen LogP contribution < -0.4 is 21.8 Å². The lowest BCUT2D eigenvalue weighted by molar-refractivity contribution is -0.189. The number of fused-ring (bicyclic) bond motifs is 1. The van der Waals surface area contributed by atoms with Crippen molar-refractivity contribution in [1.82, 2.24) is 41.6 Å². The largest absolute Gasteiger partial charge is 0.508 e. The number of aromatic hydroxyl groups is 1. The van der Waals surface area contributed by atoms with Gasteiger partial charge in [-0.3, -0.25) is 15.0 Å². The Morgan fingerprint density at radius 3 is 2.53 bits per heavy atom. The van der Waals surface area contributed by atoms with Gasteiger partial charge in [-0.25, -0.2) is 20.3 Å². The summed E-state index contributed by atoms with van der Waals surface area (Å²) in [6, 6.07) is 22.6. The monoisotopic (exact) mass is 609 g/mol. The topological polar surface area (TPSA) is 145 Å². The Labute approximate surface area is 260 Å². The van der Waals surface area contributed by atoms with Crippen LogP contribution in [-0.4, -0.2) is 80.4 Å². The lowest BCUT2D eigenvalue weighted by Crippen LogP contribution is -2.76. The number of hydrogen-bond acceptors (Lipinski definition) is 9. The number of benzene rings is 3. The number of amidine groups is 1. The molecule has 0 saturated carbocycles. The summed E-state index contributed by atoms with van der Waals surface area (Å²) in [5.74, 6) is 0.241. The molecule has 3 aromatic carbocycles. The Balaban J connectivity index is 1.33. The molecule has 2 atom stereocenters. The van der Waals surface area contributed by atoms with Crippen molar-refractivity contribution in [2.24, 2.45) is 5.10 Å². The number of phenolic OH excluding ortho intramolecular Hbond substituents is 1. The van der Waals surface area contributed by atoms with Crippen LogP contribution in [0.5, 0.6) is 5.75 Å². The summed E-state index contributed by atoms with van der Waals surface area (Å²) < 4.78 is 0. The normalized spacial score (nSPS) is 19.8. The summed E-state index contributed by atoms with van der Waals surface area (Å²) >= 11 is 0. The zero-order chi connectivity index (χ0) is 31.3. The number of phenols is 1. The second-order valence-electron chi connectivity index (χ2n) is 11.0. The number of hydrazone groups is 1. The van der Waals surface area contributed by atoms with Gasteiger partial charge < -0.3 is 20.2 Å². The number of urea groups is 1. The molecular formula is C32H35N9O4. The molecule has 13 nitrogen and oxygen atoms in total. The van der Waals surface area contributed by atoms with Crippen molar-refractivity contribution in [3.8, 4) is 5.75 Å². The summed E-state index contributed by atoms with van der Waals surface area (Å²) in [6.07, 6.45) is 1.10. The predicted octanol–water partition coefficient (Wildman–Crippen LogP) is 1.40. The Morgan fingerprint density at radius 2 is 1.80 bits per heavy atom. The molecular weight excluding hydrogens is 574 g/mol. The standard InChI is InChI=1S/C32H35N9O4/c1-2-15-39-21-29(43)40-27(17-22-11-13-26(42)14-12-22)31(44)38(19-24-9-6-10-25(16-24)30-34-36-37-35-30)20-28(40)41(39)32(45)33-18-23-7-4-3-5-8-23/h2-14,16,27-28,36-37,42H,1,15,17-21H2,(H,33,45)(H,34,35)/t27-,28-/m0/s1. The van der Waals surface area contributed by atoms with Crippen molar-refractivity contribution < 1.29 is 19.5 Å². The van der Waals surface area contributed by atoms with E-state index < -0.39 is 12.2 Å². The maximum atomic E-state index is 14.2. The Morgan fingerprint density at radius 1 is 1.02 bits per heavy atom. The molecule has 13 heteroatoms. The van der Waals surface area contributed by atoms with E-state index >= 15 is 0 Å². The number of rotatable bonds is 9. The number of hydrogen-bond donors (Lipinski definition) is 5. The van der Waals surface area contributed by atoms with Crippen LogP contribution in [0.1, 0.15) is 22.3 Å². The van der Waals surface area contributed by atoms with Crippen LogP contribution in [0, 0.1) is 0 Å². The highest BCUT2D eigenvalue weighted by atomic mass is 16.3. The summed E-state index contributed by atoms with van der Waals surface area (Å²) in [4.78, 5) is 45.1. The fraction of sp³-hybridized carbons (Fsp3) is 0.250. The van der Waals surface area contributed by atoms with Crippen molar-refractivity contribution in [2.45, 2.75) is 31.7 Å². The molecule has 3 aliphatic rings. The van der Waals surface area contributed by atoms with Gasteiger partial charge >= 0.3 is 6.03 Å². The third kappa shape index (κ3) is 6.44. The van der Waals surface area contributed by atoms with Crippen LogP contribution in [0.4, 0.5) is 4.79 Å². The lowest BCUT2D eigenvalue weighted by Gasteiger charge is -2.55. The second-order valence-corrected chi connectivity index (χ2v) is 11.0. The zero-order valence-corrected chi connectivity index (χ0v) is 24.6. The molecule has 2 saturated heterocycles. The first kappa shape index (κ1) is 29.7. The van der Waals surface area contributed by atoms with E-state index in [1.165, 1.54) is 0 Å². The quantitative estimate of drug-likeness (QED) is 0.229. The molecule has 0 unspecified atom stereocenters. The Bertz CT molecular complexity index is 1600. The molecule has 6 rings (SSSR count). The fourth-order valence-electron chi connectivity index (χ4n) is 5.93. The van der Waals surface area contributed by atoms with E-state index in [-0.39, 0.29) is 56.2 Å². The molecule has 4 amide bonds. The first-order valence-electron chi connectivity index (χ1n) is 14.7. The molecule has 45 heavy (non-hydrogen) atoms. The van der Waals surface area contributed by atoms with Crippen LogP contribution >= 0.6 is 0 Å². The first-order valence-corrected chi connectivity index (χ1v) is 14.7. The highest BCUT2D eigenvalue weighted by molar-refractivity contribution is 5.99. The minimum absolute atomic E-state index is 0.0835. The number of piperazine rings is 1. The summed E-state index contributed by atoms with van der Waals surface area (Å²) in [6.45, 7) is 4.69. The average molecular weight is 610 g/mol. The molecule has 0 aliphatic carbocycles. The van der Waals surface area contributed by atoms with E-state index in [9.17, 15) is 19.5 Å². The van der Waals surface area contributed by atoms with Crippen LogP contribution in [0.25, 0.3) is 0 Å². The third-order valence-corrected chi connectivity index (χ3v) is 8.01. The van der Waals surface area contributed by atoms with E-state index in [0.29, 0.717) is 12.4 Å². The number of nitrogens with one attached hydrogen (secondary N) is 4. The summed E-state index contributed by atoms with van der Waals surface area (Å²) in [7, 11) is 0.